The minimum absolute atomic E-state index is 0.214. The Kier molecular flexibility index (Phi) is 2.90. The lowest BCUT2D eigenvalue weighted by Crippen LogP contribution is -2.41. The maximum atomic E-state index is 12.2. The predicted octanol–water partition coefficient (Wildman–Crippen LogP) is 0.242. The molecule has 0 aliphatic carbocycles. The lowest BCUT2D eigenvalue weighted by Gasteiger charge is -2.23. The fourth-order valence-corrected chi connectivity index (χ4v) is 3.40. The highest BCUT2D eigenvalue weighted by Crippen LogP contribution is 2.31. The summed E-state index contributed by atoms with van der Waals surface area (Å²) in [4.78, 5) is 28.0. The zero-order valence-corrected chi connectivity index (χ0v) is 12.1. The van der Waals surface area contributed by atoms with Gasteiger partial charge >= 0.3 is 0 Å². The minimum atomic E-state index is -0.407. The Morgan fingerprint density at radius 3 is 2.95 bits per heavy atom. The van der Waals surface area contributed by atoms with Gasteiger partial charge < -0.3 is 15.6 Å². The van der Waals surface area contributed by atoms with E-state index < -0.39 is 6.04 Å². The van der Waals surface area contributed by atoms with Gasteiger partial charge in [0, 0.05) is 24.5 Å². The highest BCUT2D eigenvalue weighted by atomic mass is 16.2. The Hall–Kier alpha value is -2.41. The van der Waals surface area contributed by atoms with Gasteiger partial charge in [-0.15, -0.1) is 0 Å². The molecule has 1 atom stereocenters. The predicted molar refractivity (Wildman–Crippen MR) is 81.0 cm³/mol. The highest BCUT2D eigenvalue weighted by molar-refractivity contribution is 6.00. The molecule has 2 amide bonds. The molecule has 4 N–H and O–H groups in total. The molecule has 0 radical (unpaired) electrons. The van der Waals surface area contributed by atoms with Gasteiger partial charge in [0.25, 0.3) is 0 Å². The molecular formula is C15H17N5O2. The number of nitrogens with zero attached hydrogens (tertiary/aromatic N) is 2. The molecular weight excluding hydrogens is 282 g/mol. The summed E-state index contributed by atoms with van der Waals surface area (Å²) in [7, 11) is 0. The first-order valence-electron chi connectivity index (χ1n) is 7.46. The van der Waals surface area contributed by atoms with Crippen molar-refractivity contribution in [3.63, 3.8) is 0 Å². The van der Waals surface area contributed by atoms with Crippen molar-refractivity contribution in [2.24, 2.45) is 0 Å². The lowest BCUT2D eigenvalue weighted by atomic mass is 10.1. The van der Waals surface area contributed by atoms with Crippen LogP contribution < -0.4 is 16.4 Å². The molecule has 2 aliphatic heterocycles. The first-order valence-corrected chi connectivity index (χ1v) is 7.46. The molecule has 4 heterocycles. The molecule has 2 aliphatic rings. The second kappa shape index (κ2) is 4.81. The van der Waals surface area contributed by atoms with Crippen molar-refractivity contribution in [2.75, 3.05) is 12.3 Å². The van der Waals surface area contributed by atoms with Crippen molar-refractivity contribution in [3.8, 4) is 0 Å². The number of hydrogen-bond acceptors (Lipinski definition) is 5. The molecule has 1 saturated heterocycles. The number of nitrogens with two attached hydrogens (primary N) is 1. The molecule has 0 bridgehead atoms. The van der Waals surface area contributed by atoms with E-state index in [-0.39, 0.29) is 11.8 Å². The summed E-state index contributed by atoms with van der Waals surface area (Å²) < 4.78 is 1.87. The van der Waals surface area contributed by atoms with E-state index in [4.69, 9.17) is 5.73 Å². The molecule has 0 spiro atoms. The van der Waals surface area contributed by atoms with Crippen molar-refractivity contribution in [2.45, 2.75) is 31.8 Å². The molecule has 0 aromatic carbocycles. The van der Waals surface area contributed by atoms with Crippen LogP contribution in [0.3, 0.4) is 0 Å². The number of nitrogen functional groups attached to an aromatic ring is 1. The van der Waals surface area contributed by atoms with Crippen LogP contribution in [0.1, 0.15) is 30.0 Å². The maximum absolute atomic E-state index is 12.2. The third kappa shape index (κ3) is 1.97. The Labute approximate surface area is 126 Å². The summed E-state index contributed by atoms with van der Waals surface area (Å²) in [6.07, 6.45) is 3.69. The summed E-state index contributed by atoms with van der Waals surface area (Å²) in [5, 5.41) is 6.86. The zero-order chi connectivity index (χ0) is 15.3. The number of nitrogens with one attached hydrogen (secondary N) is 2. The largest absolute Gasteiger partial charge is 0.384 e. The normalized spacial score (nSPS) is 21.7. The summed E-state index contributed by atoms with van der Waals surface area (Å²) in [6, 6.07) is 1.50. The Morgan fingerprint density at radius 1 is 1.27 bits per heavy atom. The number of anilines is 1. The van der Waals surface area contributed by atoms with Gasteiger partial charge in [-0.2, -0.15) is 0 Å². The molecule has 7 heteroatoms. The van der Waals surface area contributed by atoms with Crippen LogP contribution in [-0.2, 0) is 22.6 Å². The van der Waals surface area contributed by atoms with Crippen LogP contribution in [0.15, 0.2) is 12.3 Å². The van der Waals surface area contributed by atoms with Crippen LogP contribution in [0.4, 0.5) is 5.82 Å². The van der Waals surface area contributed by atoms with Gasteiger partial charge in [-0.05, 0) is 36.6 Å². The third-order valence-electron chi connectivity index (χ3n) is 4.39. The quantitative estimate of drug-likeness (QED) is 0.655. The van der Waals surface area contributed by atoms with E-state index in [1.807, 2.05) is 16.8 Å². The Bertz CT molecular complexity index is 795. The number of amides is 2. The van der Waals surface area contributed by atoms with Crippen molar-refractivity contribution >= 4 is 28.7 Å². The molecule has 7 nitrogen and oxygen atoms in total. The topological polar surface area (TPSA) is 102 Å². The van der Waals surface area contributed by atoms with Gasteiger partial charge in [-0.1, -0.05) is 0 Å². The maximum Gasteiger partial charge on any atom is 0.249 e. The van der Waals surface area contributed by atoms with Crippen LogP contribution >= 0.6 is 0 Å². The summed E-state index contributed by atoms with van der Waals surface area (Å²) in [5.41, 5.74) is 8.96. The number of carbonyl (C=O) groups is 2. The van der Waals surface area contributed by atoms with E-state index in [0.717, 1.165) is 41.7 Å². The van der Waals surface area contributed by atoms with E-state index in [2.05, 4.69) is 15.6 Å². The van der Waals surface area contributed by atoms with Crippen LogP contribution in [-0.4, -0.2) is 27.9 Å². The molecule has 2 aromatic heterocycles. The van der Waals surface area contributed by atoms with E-state index in [9.17, 15) is 9.59 Å². The van der Waals surface area contributed by atoms with E-state index >= 15 is 0 Å². The van der Waals surface area contributed by atoms with Crippen molar-refractivity contribution < 1.29 is 9.59 Å². The molecule has 0 saturated carbocycles. The fraction of sp³-hybridized carbons (Fsp3) is 0.400. The second-order valence-corrected chi connectivity index (χ2v) is 5.86. The number of carbonyl (C=O) groups excluding carboxylic acids is 2. The van der Waals surface area contributed by atoms with Gasteiger partial charge in [-0.25, -0.2) is 4.98 Å². The van der Waals surface area contributed by atoms with Crippen molar-refractivity contribution in [1.82, 2.24) is 20.2 Å². The molecule has 4 rings (SSSR count). The van der Waals surface area contributed by atoms with Crippen molar-refractivity contribution in [1.29, 1.82) is 0 Å². The number of hydrogen-bond donors (Lipinski definition) is 3. The first kappa shape index (κ1) is 13.3. The summed E-state index contributed by atoms with van der Waals surface area (Å²) in [6.45, 7) is 1.64. The smallest absolute Gasteiger partial charge is 0.249 e. The standard InChI is InChI=1S/C15H17N5O2/c16-11-5-8-3-4-17-6-9-7-20(14(18-11)13(8)9)10-1-2-12(21)19-15(10)22/h5,7,10,17H,1-4,6H2,(H2,16,18)(H,19,21,22). The highest BCUT2D eigenvalue weighted by Gasteiger charge is 2.30. The van der Waals surface area contributed by atoms with E-state index in [0.29, 0.717) is 18.7 Å². The van der Waals surface area contributed by atoms with Gasteiger partial charge in [0.2, 0.25) is 11.8 Å². The summed E-state index contributed by atoms with van der Waals surface area (Å²) >= 11 is 0. The Morgan fingerprint density at radius 2 is 2.14 bits per heavy atom. The van der Waals surface area contributed by atoms with E-state index in [1.54, 1.807) is 0 Å². The zero-order valence-electron chi connectivity index (χ0n) is 12.1. The average Bonchev–Trinajstić information content (AvgIpc) is 2.69. The number of rotatable bonds is 1. The summed E-state index contributed by atoms with van der Waals surface area (Å²) in [5.74, 6) is -0.0213. The number of aromatic nitrogens is 2. The van der Waals surface area contributed by atoms with Crippen LogP contribution in [0.25, 0.3) is 11.0 Å². The molecule has 2 aromatic rings. The van der Waals surface area contributed by atoms with Gasteiger partial charge in [0.1, 0.15) is 17.5 Å². The van der Waals surface area contributed by atoms with Gasteiger partial charge in [0.05, 0.1) is 0 Å². The van der Waals surface area contributed by atoms with Gasteiger partial charge in [-0.3, -0.25) is 14.9 Å². The lowest BCUT2D eigenvalue weighted by molar-refractivity contribution is -0.135. The Balaban J connectivity index is 1.90. The van der Waals surface area contributed by atoms with Crippen LogP contribution in [0.5, 0.6) is 0 Å². The number of piperidine rings is 1. The minimum Gasteiger partial charge on any atom is -0.384 e. The SMILES string of the molecule is Nc1cc2c3c(cn(C4CCC(=O)NC4=O)c3n1)CNCC2. The third-order valence-corrected chi connectivity index (χ3v) is 4.39. The number of imide groups is 1. The molecule has 22 heavy (non-hydrogen) atoms. The van der Waals surface area contributed by atoms with Crippen LogP contribution in [0.2, 0.25) is 0 Å². The van der Waals surface area contributed by atoms with E-state index in [1.165, 1.54) is 0 Å². The number of pyridine rings is 1. The molecule has 1 fully saturated rings. The van der Waals surface area contributed by atoms with Crippen LogP contribution in [0, 0.1) is 0 Å². The average molecular weight is 299 g/mol. The molecule has 114 valence electrons. The van der Waals surface area contributed by atoms with Gasteiger partial charge in [0.15, 0.2) is 0 Å². The first-order chi connectivity index (χ1) is 10.6. The van der Waals surface area contributed by atoms with Crippen molar-refractivity contribution in [3.05, 3.63) is 23.4 Å². The monoisotopic (exact) mass is 299 g/mol. The second-order valence-electron chi connectivity index (χ2n) is 5.86. The fourth-order valence-electron chi connectivity index (χ4n) is 3.40. The molecule has 1 unspecified atom stereocenters.